The van der Waals surface area contributed by atoms with Gasteiger partial charge in [0.1, 0.15) is 0 Å². The molecule has 0 N–H and O–H groups in total. The van der Waals surface area contributed by atoms with E-state index in [-0.39, 0.29) is 24.5 Å². The lowest BCUT2D eigenvalue weighted by molar-refractivity contribution is -0.141. The van der Waals surface area contributed by atoms with Crippen molar-refractivity contribution in [2.45, 2.75) is 51.1 Å². The molecule has 0 atom stereocenters. The quantitative estimate of drug-likeness (QED) is 0.612. The Labute approximate surface area is 162 Å². The van der Waals surface area contributed by atoms with E-state index in [1.54, 1.807) is 17.4 Å². The summed E-state index contributed by atoms with van der Waals surface area (Å²) in [5, 5.41) is 3.19. The van der Waals surface area contributed by atoms with Crippen molar-refractivity contribution in [2.24, 2.45) is 0 Å². The van der Waals surface area contributed by atoms with Gasteiger partial charge in [-0.25, -0.2) is 13.8 Å². The lowest BCUT2D eigenvalue weighted by atomic mass is 10.1. The van der Waals surface area contributed by atoms with Crippen LogP contribution in [-0.2, 0) is 22.6 Å². The fourth-order valence-electron chi connectivity index (χ4n) is 3.46. The highest BCUT2D eigenvalue weighted by atomic mass is 32.1. The van der Waals surface area contributed by atoms with E-state index < -0.39 is 11.6 Å². The molecule has 1 fully saturated rings. The second-order valence-corrected chi connectivity index (χ2v) is 7.80. The van der Waals surface area contributed by atoms with Gasteiger partial charge in [-0.3, -0.25) is 9.69 Å². The third-order valence-corrected chi connectivity index (χ3v) is 6.00. The van der Waals surface area contributed by atoms with Crippen LogP contribution in [0, 0.1) is 11.6 Å². The second-order valence-electron chi connectivity index (χ2n) is 6.91. The molecular weight excluding hydrogens is 370 g/mol. The van der Waals surface area contributed by atoms with E-state index in [9.17, 15) is 13.6 Å². The molecule has 0 amide bonds. The number of methoxy groups -OCH3 is 1. The first-order chi connectivity index (χ1) is 13.1. The zero-order chi connectivity index (χ0) is 19.2. The molecule has 7 heteroatoms. The lowest BCUT2D eigenvalue weighted by Crippen LogP contribution is -2.27. The van der Waals surface area contributed by atoms with Crippen LogP contribution in [-0.4, -0.2) is 29.5 Å². The minimum Gasteiger partial charge on any atom is -0.469 e. The third-order valence-electron chi connectivity index (χ3n) is 4.94. The first-order valence-electron chi connectivity index (χ1n) is 9.23. The Balaban J connectivity index is 1.71. The van der Waals surface area contributed by atoms with E-state index in [1.807, 2.05) is 10.3 Å². The number of benzene rings is 1. The molecular formula is C20H24F2N2O2S. The number of rotatable bonds is 8. The van der Waals surface area contributed by atoms with Gasteiger partial charge in [-0.05, 0) is 18.9 Å². The van der Waals surface area contributed by atoms with E-state index in [0.717, 1.165) is 16.8 Å². The summed E-state index contributed by atoms with van der Waals surface area (Å²) in [6, 6.07) is 4.16. The maximum absolute atomic E-state index is 14.1. The Bertz CT molecular complexity index is 775. The third kappa shape index (κ3) is 5.32. The van der Waals surface area contributed by atoms with Gasteiger partial charge in [-0.15, -0.1) is 11.3 Å². The van der Waals surface area contributed by atoms with Gasteiger partial charge >= 0.3 is 5.97 Å². The van der Waals surface area contributed by atoms with Crippen LogP contribution in [0.2, 0.25) is 0 Å². The highest BCUT2D eigenvalue weighted by Crippen LogP contribution is 2.35. The molecule has 1 aromatic heterocycles. The van der Waals surface area contributed by atoms with E-state index in [2.05, 4.69) is 0 Å². The average Bonchev–Trinajstić information content (AvgIpc) is 3.34. The number of thiazole rings is 1. The predicted molar refractivity (Wildman–Crippen MR) is 100 cm³/mol. The minimum absolute atomic E-state index is 0.188. The van der Waals surface area contributed by atoms with Gasteiger partial charge in [0.2, 0.25) is 0 Å². The summed E-state index contributed by atoms with van der Waals surface area (Å²) in [4.78, 5) is 18.2. The zero-order valence-electron chi connectivity index (χ0n) is 15.4. The van der Waals surface area contributed by atoms with Gasteiger partial charge in [-0.2, -0.15) is 0 Å². The summed E-state index contributed by atoms with van der Waals surface area (Å²) in [5.74, 6) is -1.49. The molecule has 27 heavy (non-hydrogen) atoms. The predicted octanol–water partition coefficient (Wildman–Crippen LogP) is 4.64. The SMILES string of the molecule is COC(=O)CCN(Cc1csc(C2CCCC2)n1)Cc1cccc(F)c1F. The molecule has 1 aliphatic carbocycles. The van der Waals surface area contributed by atoms with Crippen LogP contribution < -0.4 is 0 Å². The van der Waals surface area contributed by atoms with Crippen LogP contribution in [0.5, 0.6) is 0 Å². The number of nitrogens with zero attached hydrogens (tertiary/aromatic N) is 2. The molecule has 1 aliphatic rings. The van der Waals surface area contributed by atoms with E-state index in [1.165, 1.54) is 38.9 Å². The second kappa shape index (κ2) is 9.37. The normalized spacial score (nSPS) is 14.8. The molecule has 1 saturated carbocycles. The van der Waals surface area contributed by atoms with Crippen LogP contribution in [0.15, 0.2) is 23.6 Å². The molecule has 1 heterocycles. The lowest BCUT2D eigenvalue weighted by Gasteiger charge is -2.21. The van der Waals surface area contributed by atoms with Crippen molar-refractivity contribution in [1.82, 2.24) is 9.88 Å². The van der Waals surface area contributed by atoms with Gasteiger partial charge in [0.05, 0.1) is 24.2 Å². The molecule has 0 bridgehead atoms. The van der Waals surface area contributed by atoms with E-state index in [4.69, 9.17) is 9.72 Å². The Kier molecular flexibility index (Phi) is 6.90. The molecule has 2 aromatic rings. The Morgan fingerprint density at radius 1 is 1.30 bits per heavy atom. The molecule has 0 radical (unpaired) electrons. The standard InChI is InChI=1S/C20H24F2N2O2S/c1-26-18(25)9-10-24(11-15-7-4-8-17(21)19(15)22)12-16-13-27-20(23-16)14-5-2-3-6-14/h4,7-8,13-14H,2-3,5-6,9-12H2,1H3. The van der Waals surface area contributed by atoms with Crippen molar-refractivity contribution in [3.05, 3.63) is 51.5 Å². The maximum Gasteiger partial charge on any atom is 0.306 e. The van der Waals surface area contributed by atoms with Gasteiger partial charge in [0, 0.05) is 36.5 Å². The minimum atomic E-state index is -0.863. The number of aromatic nitrogens is 1. The summed E-state index contributed by atoms with van der Waals surface area (Å²) >= 11 is 1.67. The number of esters is 1. The molecule has 0 unspecified atom stereocenters. The van der Waals surface area contributed by atoms with Crippen molar-refractivity contribution >= 4 is 17.3 Å². The van der Waals surface area contributed by atoms with Crippen LogP contribution >= 0.6 is 11.3 Å². The molecule has 4 nitrogen and oxygen atoms in total. The zero-order valence-corrected chi connectivity index (χ0v) is 16.2. The number of ether oxygens (including phenoxy) is 1. The fraction of sp³-hybridized carbons (Fsp3) is 0.500. The Morgan fingerprint density at radius 3 is 2.81 bits per heavy atom. The smallest absolute Gasteiger partial charge is 0.306 e. The molecule has 146 valence electrons. The first-order valence-corrected chi connectivity index (χ1v) is 10.1. The van der Waals surface area contributed by atoms with E-state index in [0.29, 0.717) is 19.0 Å². The number of halogens is 2. The monoisotopic (exact) mass is 394 g/mol. The Hall–Kier alpha value is -1.86. The van der Waals surface area contributed by atoms with Crippen molar-refractivity contribution in [2.75, 3.05) is 13.7 Å². The van der Waals surface area contributed by atoms with Crippen molar-refractivity contribution < 1.29 is 18.3 Å². The highest BCUT2D eigenvalue weighted by molar-refractivity contribution is 7.09. The molecule has 1 aromatic carbocycles. The van der Waals surface area contributed by atoms with Crippen LogP contribution in [0.1, 0.15) is 54.3 Å². The topological polar surface area (TPSA) is 42.4 Å². The maximum atomic E-state index is 14.1. The van der Waals surface area contributed by atoms with Gasteiger partial charge in [0.25, 0.3) is 0 Å². The van der Waals surface area contributed by atoms with Gasteiger partial charge in [0.15, 0.2) is 11.6 Å². The molecule has 0 spiro atoms. The fourth-order valence-corrected chi connectivity index (χ4v) is 4.44. The summed E-state index contributed by atoms with van der Waals surface area (Å²) in [6.45, 7) is 1.08. The largest absolute Gasteiger partial charge is 0.469 e. The Morgan fingerprint density at radius 2 is 2.07 bits per heavy atom. The average molecular weight is 394 g/mol. The highest BCUT2D eigenvalue weighted by Gasteiger charge is 2.21. The number of carbonyl (C=O) groups is 1. The molecule has 3 rings (SSSR count). The summed E-state index contributed by atoms with van der Waals surface area (Å²) < 4.78 is 32.3. The van der Waals surface area contributed by atoms with Crippen LogP contribution in [0.3, 0.4) is 0 Å². The number of hydrogen-bond donors (Lipinski definition) is 0. The molecule has 0 saturated heterocycles. The van der Waals surface area contributed by atoms with Crippen molar-refractivity contribution in [1.29, 1.82) is 0 Å². The van der Waals surface area contributed by atoms with Gasteiger partial charge < -0.3 is 4.74 Å². The number of carbonyl (C=O) groups excluding carboxylic acids is 1. The van der Waals surface area contributed by atoms with Gasteiger partial charge in [-0.1, -0.05) is 25.0 Å². The summed E-state index contributed by atoms with van der Waals surface area (Å²) in [6.07, 6.45) is 5.07. The van der Waals surface area contributed by atoms with Crippen molar-refractivity contribution in [3.8, 4) is 0 Å². The summed E-state index contributed by atoms with van der Waals surface area (Å²) in [7, 11) is 1.34. The van der Waals surface area contributed by atoms with Crippen molar-refractivity contribution in [3.63, 3.8) is 0 Å². The number of hydrogen-bond acceptors (Lipinski definition) is 5. The van der Waals surface area contributed by atoms with Crippen LogP contribution in [0.25, 0.3) is 0 Å². The van der Waals surface area contributed by atoms with E-state index >= 15 is 0 Å². The first kappa shape index (κ1) is 19.9. The van der Waals surface area contributed by atoms with Crippen LogP contribution in [0.4, 0.5) is 8.78 Å². The molecule has 0 aliphatic heterocycles. The summed E-state index contributed by atoms with van der Waals surface area (Å²) in [5.41, 5.74) is 1.18.